The quantitative estimate of drug-likeness (QED) is 0.0663. The van der Waals surface area contributed by atoms with Crippen LogP contribution >= 0.6 is 23.2 Å². The predicted molar refractivity (Wildman–Crippen MR) is 165 cm³/mol. The van der Waals surface area contributed by atoms with Gasteiger partial charge < -0.3 is 20.5 Å². The third-order valence-electron chi connectivity index (χ3n) is 6.27. The molecule has 0 amide bonds. The Hall–Kier alpha value is -4.61. The normalized spacial score (nSPS) is 11.4. The highest BCUT2D eigenvalue weighted by Crippen LogP contribution is 2.35. The lowest BCUT2D eigenvalue weighted by Gasteiger charge is -2.16. The SMILES string of the molecule is COCCOc1cccc(N(N)c2nc3c(Nc4c(F)ccc(NS(=O)(=O)c5cccc(Cl)c5Cl)c4F)ncnc3c[nH+]2)c1N. The number of methoxy groups -OCH3 is 1. The van der Waals surface area contributed by atoms with Crippen LogP contribution < -0.4 is 36.3 Å². The third kappa shape index (κ3) is 6.59. The van der Waals surface area contributed by atoms with Gasteiger partial charge in [0.25, 0.3) is 10.0 Å². The second kappa shape index (κ2) is 13.2. The summed E-state index contributed by atoms with van der Waals surface area (Å²) in [6.45, 7) is 0.601. The van der Waals surface area contributed by atoms with Crippen LogP contribution in [0, 0.1) is 11.6 Å². The van der Waals surface area contributed by atoms with Crippen molar-refractivity contribution in [3.63, 3.8) is 0 Å². The predicted octanol–water partition coefficient (Wildman–Crippen LogP) is 4.59. The van der Waals surface area contributed by atoms with E-state index in [0.717, 1.165) is 23.5 Å². The molecule has 0 bridgehead atoms. The number of halogens is 4. The molecule has 0 spiro atoms. The monoisotopic (exact) mass is 678 g/mol. The van der Waals surface area contributed by atoms with E-state index in [0.29, 0.717) is 18.0 Å². The van der Waals surface area contributed by atoms with Gasteiger partial charge in [-0.05, 0) is 36.4 Å². The smallest absolute Gasteiger partial charge is 0.414 e. The summed E-state index contributed by atoms with van der Waals surface area (Å²) in [6, 6.07) is 10.7. The Morgan fingerprint density at radius 3 is 2.62 bits per heavy atom. The number of ether oxygens (including phenoxy) is 2. The summed E-state index contributed by atoms with van der Waals surface area (Å²) in [5.74, 6) is 4.32. The number of hydrogen-bond acceptors (Lipinski definition) is 11. The summed E-state index contributed by atoms with van der Waals surface area (Å²) in [4.78, 5) is 15.2. The maximum absolute atomic E-state index is 15.6. The third-order valence-corrected chi connectivity index (χ3v) is 8.61. The number of aromatic amines is 1. The van der Waals surface area contributed by atoms with Crippen molar-refractivity contribution in [1.29, 1.82) is 0 Å². The number of nitrogens with zero attached hydrogens (tertiary/aromatic N) is 4. The molecule has 5 rings (SSSR count). The molecule has 2 aromatic heterocycles. The molecule has 0 saturated carbocycles. The fraction of sp³-hybridized carbons (Fsp3) is 0.111. The first-order chi connectivity index (χ1) is 21.5. The minimum Gasteiger partial charge on any atom is -0.489 e. The molecule has 13 nitrogen and oxygen atoms in total. The number of hydrogen-bond donors (Lipinski definition) is 4. The van der Waals surface area contributed by atoms with Gasteiger partial charge in [0.2, 0.25) is 5.52 Å². The number of hydrazine groups is 1. The number of nitrogens with one attached hydrogen (secondary N) is 3. The standard InChI is InChI=1S/C27H23Cl2F2N9O4S/c1-43-10-11-44-19-6-3-5-18(23(19)32)40(33)27-34-12-17-25(38-27)26(36-13-35-17)37-24-15(30)8-9-16(22(24)31)39-45(41,42)20-7-2-4-14(28)21(20)29/h2-9,12-13,39H,10-11,32-33H2,1H3,(H,35,36,37)/p+1. The Labute approximate surface area is 265 Å². The first-order valence-corrected chi connectivity index (χ1v) is 15.1. The van der Waals surface area contributed by atoms with Crippen molar-refractivity contribution in [2.75, 3.05) is 41.1 Å². The molecule has 3 aromatic carbocycles. The Balaban J connectivity index is 1.48. The molecule has 0 radical (unpaired) electrons. The average Bonchev–Trinajstić information content (AvgIpc) is 3.02. The van der Waals surface area contributed by atoms with Crippen molar-refractivity contribution in [2.45, 2.75) is 4.90 Å². The van der Waals surface area contributed by atoms with Crippen LogP contribution in [0.5, 0.6) is 5.75 Å². The van der Waals surface area contributed by atoms with Crippen LogP contribution in [0.1, 0.15) is 0 Å². The molecule has 0 unspecified atom stereocenters. The Morgan fingerprint density at radius 2 is 1.84 bits per heavy atom. The molecule has 0 aliphatic rings. The fourth-order valence-corrected chi connectivity index (χ4v) is 5.89. The largest absolute Gasteiger partial charge is 0.489 e. The summed E-state index contributed by atoms with van der Waals surface area (Å²) in [6.07, 6.45) is 2.59. The van der Waals surface area contributed by atoms with Crippen molar-refractivity contribution < 1.29 is 31.7 Å². The molecule has 0 fully saturated rings. The van der Waals surface area contributed by atoms with Gasteiger partial charge in [-0.2, -0.15) is 10.9 Å². The van der Waals surface area contributed by atoms with Crippen LogP contribution in [0.2, 0.25) is 10.0 Å². The number of sulfonamides is 1. The van der Waals surface area contributed by atoms with Crippen LogP contribution in [0.3, 0.4) is 0 Å². The summed E-state index contributed by atoms with van der Waals surface area (Å²) in [5.41, 5.74) is 5.84. The Morgan fingerprint density at radius 1 is 1.07 bits per heavy atom. The van der Waals surface area contributed by atoms with Gasteiger partial charge in [0.15, 0.2) is 11.6 Å². The van der Waals surface area contributed by atoms with Gasteiger partial charge in [-0.25, -0.2) is 32.2 Å². The second-order valence-electron chi connectivity index (χ2n) is 9.15. The molecule has 0 aliphatic carbocycles. The molecular weight excluding hydrogens is 655 g/mol. The zero-order valence-electron chi connectivity index (χ0n) is 23.2. The zero-order valence-corrected chi connectivity index (χ0v) is 25.5. The summed E-state index contributed by atoms with van der Waals surface area (Å²) < 4.78 is 69.3. The van der Waals surface area contributed by atoms with E-state index in [9.17, 15) is 12.8 Å². The summed E-state index contributed by atoms with van der Waals surface area (Å²) in [7, 11) is -2.88. The second-order valence-corrected chi connectivity index (χ2v) is 11.6. The summed E-state index contributed by atoms with van der Waals surface area (Å²) >= 11 is 12.0. The first kappa shape index (κ1) is 31.8. The van der Waals surface area contributed by atoms with Crippen molar-refractivity contribution in [2.24, 2.45) is 5.84 Å². The van der Waals surface area contributed by atoms with Crippen LogP contribution in [-0.4, -0.2) is 43.7 Å². The van der Waals surface area contributed by atoms with Crippen LogP contribution in [0.25, 0.3) is 11.0 Å². The number of para-hydroxylation sites is 1. The molecule has 0 saturated heterocycles. The molecule has 0 atom stereocenters. The van der Waals surface area contributed by atoms with Crippen molar-refractivity contribution >= 4 is 78.8 Å². The van der Waals surface area contributed by atoms with Crippen LogP contribution in [0.4, 0.5) is 43.3 Å². The minimum absolute atomic E-state index is 0.0249. The molecule has 5 aromatic rings. The highest BCUT2D eigenvalue weighted by Gasteiger charge is 2.26. The van der Waals surface area contributed by atoms with Crippen LogP contribution in [-0.2, 0) is 14.8 Å². The number of nitrogen functional groups attached to an aromatic ring is 1. The van der Waals surface area contributed by atoms with E-state index < -0.39 is 37.9 Å². The highest BCUT2D eigenvalue weighted by atomic mass is 35.5. The zero-order chi connectivity index (χ0) is 32.3. The molecule has 45 heavy (non-hydrogen) atoms. The van der Waals surface area contributed by atoms with E-state index in [1.54, 1.807) is 25.3 Å². The molecule has 18 heteroatoms. The number of rotatable bonds is 11. The van der Waals surface area contributed by atoms with Gasteiger partial charge in [-0.1, -0.05) is 40.3 Å². The minimum atomic E-state index is -4.42. The van der Waals surface area contributed by atoms with E-state index in [1.807, 2.05) is 0 Å². The number of aromatic nitrogens is 4. The number of fused-ring (bicyclic) bond motifs is 1. The maximum atomic E-state index is 15.6. The van der Waals surface area contributed by atoms with Gasteiger partial charge in [0, 0.05) is 7.11 Å². The van der Waals surface area contributed by atoms with E-state index >= 15 is 4.39 Å². The van der Waals surface area contributed by atoms with E-state index in [4.69, 9.17) is 44.3 Å². The molecule has 0 aliphatic heterocycles. The molecular formula is C27H24Cl2F2N9O4S+. The van der Waals surface area contributed by atoms with Gasteiger partial charge in [0.1, 0.15) is 52.0 Å². The topological polar surface area (TPSA) is 185 Å². The number of anilines is 6. The fourth-order valence-electron chi connectivity index (χ4n) is 4.07. The van der Waals surface area contributed by atoms with Crippen molar-refractivity contribution in [3.8, 4) is 5.75 Å². The number of nitrogens with two attached hydrogens (primary N) is 2. The maximum Gasteiger partial charge on any atom is 0.414 e. The molecule has 2 heterocycles. The lowest BCUT2D eigenvalue weighted by Crippen LogP contribution is -2.33. The lowest BCUT2D eigenvalue weighted by atomic mass is 10.2. The van der Waals surface area contributed by atoms with Crippen molar-refractivity contribution in [1.82, 2.24) is 15.0 Å². The number of benzene rings is 3. The van der Waals surface area contributed by atoms with E-state index in [-0.39, 0.29) is 45.1 Å². The van der Waals surface area contributed by atoms with E-state index in [1.165, 1.54) is 24.4 Å². The van der Waals surface area contributed by atoms with Gasteiger partial charge in [-0.15, -0.1) is 0 Å². The van der Waals surface area contributed by atoms with Crippen LogP contribution in [0.15, 0.2) is 66.0 Å². The van der Waals surface area contributed by atoms with Gasteiger partial charge >= 0.3 is 5.95 Å². The average molecular weight is 680 g/mol. The van der Waals surface area contributed by atoms with Gasteiger partial charge in [0.05, 0.1) is 28.5 Å². The molecule has 234 valence electrons. The van der Waals surface area contributed by atoms with Crippen molar-refractivity contribution in [3.05, 3.63) is 82.7 Å². The Kier molecular flexibility index (Phi) is 9.31. The first-order valence-electron chi connectivity index (χ1n) is 12.8. The van der Waals surface area contributed by atoms with Gasteiger partial charge in [-0.3, -0.25) is 4.72 Å². The molecule has 7 N–H and O–H groups in total. The Bertz CT molecular complexity index is 2010. The number of H-pyrrole nitrogens is 1. The summed E-state index contributed by atoms with van der Waals surface area (Å²) in [5, 5.41) is 3.41. The lowest BCUT2D eigenvalue weighted by molar-refractivity contribution is -0.365. The highest BCUT2D eigenvalue weighted by molar-refractivity contribution is 7.92. The van der Waals surface area contributed by atoms with E-state index in [2.05, 4.69) is 30.0 Å².